The van der Waals surface area contributed by atoms with Crippen molar-refractivity contribution < 1.29 is 86.0 Å². The van der Waals surface area contributed by atoms with Gasteiger partial charge in [-0.15, -0.1) is 0 Å². The molecule has 18 heteroatoms. The summed E-state index contributed by atoms with van der Waals surface area (Å²) in [5, 5.41) is 12.3. The highest BCUT2D eigenvalue weighted by Crippen LogP contribution is 2.70. The van der Waals surface area contributed by atoms with E-state index in [0.29, 0.717) is 37.7 Å². The van der Waals surface area contributed by atoms with Gasteiger partial charge in [0.1, 0.15) is 31.0 Å². The number of ether oxygens (including phenoxy) is 10. The molecule has 6 rings (SSSR count). The Hall–Kier alpha value is -4.39. The van der Waals surface area contributed by atoms with Crippen LogP contribution in [0.4, 0.5) is 0 Å². The van der Waals surface area contributed by atoms with E-state index in [1.165, 1.54) is 27.7 Å². The average Bonchev–Trinajstić information content (AvgIpc) is 3.61. The number of allylic oxidation sites excluding steroid dienone is 1. The molecule has 2 aliphatic heterocycles. The Morgan fingerprint density at radius 1 is 0.769 bits per heavy atom. The highest BCUT2D eigenvalue weighted by atomic mass is 16.7. The molecule has 0 radical (unpaired) electrons. The topological polar surface area (TPSA) is 232 Å². The van der Waals surface area contributed by atoms with Gasteiger partial charge in [-0.3, -0.25) is 33.6 Å². The van der Waals surface area contributed by atoms with Gasteiger partial charge in [0.05, 0.1) is 12.7 Å². The Labute approximate surface area is 379 Å². The van der Waals surface area contributed by atoms with E-state index in [4.69, 9.17) is 47.4 Å². The minimum Gasteiger partial charge on any atom is -0.463 e. The lowest BCUT2D eigenvalue weighted by Gasteiger charge is -2.61. The summed E-state index contributed by atoms with van der Waals surface area (Å²) in [5.41, 5.74) is 0.426. The zero-order valence-corrected chi connectivity index (χ0v) is 39.1. The maximum atomic E-state index is 12.9. The molecule has 65 heavy (non-hydrogen) atoms. The van der Waals surface area contributed by atoms with E-state index in [-0.39, 0.29) is 55.1 Å². The number of hydrogen-bond donors (Lipinski definition) is 1. The third-order valence-corrected chi connectivity index (χ3v) is 14.9. The van der Waals surface area contributed by atoms with Crippen LogP contribution in [0.3, 0.4) is 0 Å². The summed E-state index contributed by atoms with van der Waals surface area (Å²) in [7, 11) is 0. The highest BCUT2D eigenvalue weighted by molar-refractivity contribution is 5.69. The van der Waals surface area contributed by atoms with E-state index >= 15 is 0 Å². The van der Waals surface area contributed by atoms with Crippen LogP contribution in [-0.4, -0.2) is 121 Å². The Balaban J connectivity index is 1.18. The number of carbonyl (C=O) groups excluding carboxylic acids is 7. The molecule has 3 saturated carbocycles. The number of hydrogen-bond acceptors (Lipinski definition) is 18. The van der Waals surface area contributed by atoms with Crippen molar-refractivity contribution in [2.24, 2.45) is 40.4 Å². The predicted octanol–water partition coefficient (Wildman–Crippen LogP) is 4.35. The maximum Gasteiger partial charge on any atom is 0.303 e. The van der Waals surface area contributed by atoms with Crippen LogP contribution in [0, 0.1) is 40.4 Å². The number of fused-ring (bicyclic) bond motifs is 7. The smallest absolute Gasteiger partial charge is 0.303 e. The van der Waals surface area contributed by atoms with Gasteiger partial charge in [0, 0.05) is 85.0 Å². The fourth-order valence-corrected chi connectivity index (χ4v) is 12.7. The second-order valence-electron chi connectivity index (χ2n) is 19.4. The molecule has 0 unspecified atom stereocenters. The monoisotopic (exact) mass is 918 g/mol. The van der Waals surface area contributed by atoms with Crippen LogP contribution in [0.25, 0.3) is 0 Å². The van der Waals surface area contributed by atoms with E-state index in [9.17, 15) is 38.7 Å². The highest BCUT2D eigenvalue weighted by Gasteiger charge is 2.71. The summed E-state index contributed by atoms with van der Waals surface area (Å²) >= 11 is 0. The Morgan fingerprint density at radius 2 is 1.37 bits per heavy atom. The molecule has 2 heterocycles. The van der Waals surface area contributed by atoms with Crippen molar-refractivity contribution in [3.8, 4) is 0 Å². The van der Waals surface area contributed by atoms with Crippen LogP contribution in [0.15, 0.2) is 23.8 Å². The first kappa shape index (κ1) is 50.0. The molecule has 0 bridgehead atoms. The molecule has 1 N–H and O–H groups in total. The van der Waals surface area contributed by atoms with Gasteiger partial charge in [-0.25, -0.2) is 0 Å². The zero-order chi connectivity index (χ0) is 47.9. The summed E-state index contributed by atoms with van der Waals surface area (Å²) < 4.78 is 58.4. The molecule has 5 fully saturated rings. The lowest BCUT2D eigenvalue weighted by molar-refractivity contribution is -0.306. The van der Waals surface area contributed by atoms with Crippen LogP contribution in [0.5, 0.6) is 0 Å². The number of carbonyl (C=O) groups is 7. The largest absolute Gasteiger partial charge is 0.463 e. The second kappa shape index (κ2) is 19.4. The van der Waals surface area contributed by atoms with Crippen molar-refractivity contribution in [3.05, 3.63) is 23.8 Å². The van der Waals surface area contributed by atoms with Gasteiger partial charge in [0.2, 0.25) is 0 Å². The van der Waals surface area contributed by atoms with E-state index < -0.39 is 114 Å². The molecule has 4 aliphatic carbocycles. The van der Waals surface area contributed by atoms with Crippen LogP contribution in [0.2, 0.25) is 0 Å². The van der Waals surface area contributed by atoms with Gasteiger partial charge < -0.3 is 52.5 Å². The van der Waals surface area contributed by atoms with Crippen molar-refractivity contribution in [1.29, 1.82) is 0 Å². The molecule has 362 valence electrons. The van der Waals surface area contributed by atoms with E-state index in [1.54, 1.807) is 0 Å². The van der Waals surface area contributed by atoms with Crippen LogP contribution in [-0.2, 0) is 80.9 Å². The molecule has 2 saturated heterocycles. The van der Waals surface area contributed by atoms with Gasteiger partial charge in [-0.2, -0.15) is 0 Å². The third kappa shape index (κ3) is 10.3. The van der Waals surface area contributed by atoms with Crippen LogP contribution in [0.1, 0.15) is 114 Å². The Kier molecular flexibility index (Phi) is 15.0. The zero-order valence-electron chi connectivity index (χ0n) is 39.1. The van der Waals surface area contributed by atoms with Gasteiger partial charge in [-0.1, -0.05) is 44.6 Å². The number of esters is 7. The van der Waals surface area contributed by atoms with Crippen molar-refractivity contribution in [2.75, 3.05) is 13.2 Å². The summed E-state index contributed by atoms with van der Waals surface area (Å²) in [6.45, 7) is 18.6. The minimum absolute atomic E-state index is 0.0257. The first-order valence-corrected chi connectivity index (χ1v) is 22.6. The minimum atomic E-state index is -1.56. The summed E-state index contributed by atoms with van der Waals surface area (Å²) in [5.74, 6) is -6.30. The van der Waals surface area contributed by atoms with Crippen molar-refractivity contribution in [1.82, 2.24) is 0 Å². The molecular weight excluding hydrogens is 852 g/mol. The van der Waals surface area contributed by atoms with Crippen LogP contribution >= 0.6 is 0 Å². The van der Waals surface area contributed by atoms with E-state index in [0.717, 1.165) is 26.3 Å². The SMILES string of the molecule is C=C(CC[C@@]1(O)O[C@H]2C[C@H]3[C@@H]4CC=C5C[C@@H](OC(C)=O)C[C@@H](OC(C)=O)[C@]5(C)[C@H]4[C@H](OC(C)=O)C[C@]3(C)[C@H]2[C@@H]1C)CO[C@@H]1O[C@H](COC(C)=O)[C@@H](OC(C)=O)[C@H](OC(C)=O)[C@H]1OC(C)=O. The first-order chi connectivity index (χ1) is 30.4. The average molecular weight is 919 g/mol. The fourth-order valence-electron chi connectivity index (χ4n) is 12.7. The van der Waals surface area contributed by atoms with Crippen LogP contribution < -0.4 is 0 Å². The molecule has 0 spiro atoms. The molecule has 0 aromatic heterocycles. The molecule has 18 nitrogen and oxygen atoms in total. The quantitative estimate of drug-likeness (QED) is 0.145. The Bertz CT molecular complexity index is 1930. The van der Waals surface area contributed by atoms with Crippen molar-refractivity contribution in [2.45, 2.75) is 175 Å². The number of aliphatic hydroxyl groups is 1. The lowest BCUT2D eigenvalue weighted by Crippen LogP contribution is -2.63. The molecular formula is C47H66O18. The third-order valence-electron chi connectivity index (χ3n) is 14.9. The van der Waals surface area contributed by atoms with Gasteiger partial charge in [-0.05, 0) is 48.9 Å². The molecule has 17 atom stereocenters. The second-order valence-corrected chi connectivity index (χ2v) is 19.4. The van der Waals surface area contributed by atoms with Gasteiger partial charge in [0.25, 0.3) is 0 Å². The molecule has 0 amide bonds. The predicted molar refractivity (Wildman–Crippen MR) is 223 cm³/mol. The standard InChI is InChI=1S/C47H66O18/c1-22(20-57-44-43(63-30(9)54)42(62-29(8)53)41(61-28(7)52)37(64-44)21-56-24(3)48)14-15-47(55)23(2)39-35(65-47)18-34-33-13-12-31-16-32(58-25(4)49)17-38(60-27(6)51)46(31,11)40(33)36(59-26(5)50)19-45(34,39)10/h12,23,32-44,55H,1,13-21H2,2-11H3/t23-,32+,33-,34-,35-,36+,37+,38+,39-,40+,41+,42-,43+,44+,45-,46+,47+/m0/s1. The maximum absolute atomic E-state index is 12.9. The number of rotatable bonds is 14. The molecule has 6 aliphatic rings. The molecule has 0 aromatic rings. The summed E-state index contributed by atoms with van der Waals surface area (Å²) in [6.07, 6.45) is -3.39. The fraction of sp³-hybridized carbons (Fsp3) is 0.766. The molecule has 0 aromatic carbocycles. The normalized spacial score (nSPS) is 40.3. The van der Waals surface area contributed by atoms with Gasteiger partial charge in [0.15, 0.2) is 30.4 Å². The van der Waals surface area contributed by atoms with E-state index in [1.807, 2.05) is 6.92 Å². The lowest BCUT2D eigenvalue weighted by atomic mass is 9.45. The van der Waals surface area contributed by atoms with Crippen molar-refractivity contribution in [3.63, 3.8) is 0 Å². The van der Waals surface area contributed by atoms with Gasteiger partial charge >= 0.3 is 41.8 Å². The van der Waals surface area contributed by atoms with Crippen molar-refractivity contribution >= 4 is 41.8 Å². The van der Waals surface area contributed by atoms with E-state index in [2.05, 4.69) is 26.5 Å². The summed E-state index contributed by atoms with van der Waals surface area (Å²) in [6, 6.07) is 0. The first-order valence-electron chi connectivity index (χ1n) is 22.6. The Morgan fingerprint density at radius 3 is 1.97 bits per heavy atom. The summed E-state index contributed by atoms with van der Waals surface area (Å²) in [4.78, 5) is 85.9.